The molecule has 0 atom stereocenters. The van der Waals surface area contributed by atoms with Gasteiger partial charge >= 0.3 is 0 Å². The van der Waals surface area contributed by atoms with E-state index in [1.165, 1.54) is 9.44 Å². The number of phenolic OH excluding ortho intramolecular Hbond substituents is 2. The molecule has 4 aromatic rings. The number of nitrogens with one attached hydrogen (secondary N) is 1. The minimum Gasteiger partial charge on any atom is -0.507 e. The summed E-state index contributed by atoms with van der Waals surface area (Å²) < 4.78 is 30.8. The van der Waals surface area contributed by atoms with Crippen LogP contribution in [0.3, 0.4) is 0 Å². The summed E-state index contributed by atoms with van der Waals surface area (Å²) >= 11 is 1.69. The Bertz CT molecular complexity index is 1590. The summed E-state index contributed by atoms with van der Waals surface area (Å²) in [4.78, 5) is 15.2. The fourth-order valence-electron chi connectivity index (χ4n) is 4.62. The number of rotatable bonds is 8. The van der Waals surface area contributed by atoms with Crippen LogP contribution in [-0.4, -0.2) is 63.3 Å². The van der Waals surface area contributed by atoms with Gasteiger partial charge in [0, 0.05) is 42.3 Å². The van der Waals surface area contributed by atoms with Crippen molar-refractivity contribution in [2.45, 2.75) is 37.2 Å². The standard InChI is InChI=1S/C26H28N6O5S2/c1-16-4-6-18(7-5-16)32-25(28-29-26(32)24(27)35)20-13-23(22(34)14-21(20)33)39(36,37)30-17-8-10-31(11-9-17)15-19-3-2-12-38-19/h2-7,12-14,17,30,33-34H,8-11,15H2,1H3,(H2,27,35). The van der Waals surface area contributed by atoms with Crippen LogP contribution < -0.4 is 10.5 Å². The molecule has 0 saturated carbocycles. The molecule has 1 amide bonds. The van der Waals surface area contributed by atoms with Crippen molar-refractivity contribution >= 4 is 27.3 Å². The molecular formula is C26H28N6O5S2. The normalized spacial score (nSPS) is 15.0. The molecule has 0 unspecified atom stereocenters. The molecule has 204 valence electrons. The van der Waals surface area contributed by atoms with Crippen molar-refractivity contribution in [2.75, 3.05) is 13.1 Å². The largest absolute Gasteiger partial charge is 0.507 e. The monoisotopic (exact) mass is 568 g/mol. The Kier molecular flexibility index (Phi) is 7.40. The highest BCUT2D eigenvalue weighted by Gasteiger charge is 2.29. The van der Waals surface area contributed by atoms with Gasteiger partial charge in [0.2, 0.25) is 15.8 Å². The number of aromatic hydroxyl groups is 2. The number of hydrogen-bond acceptors (Lipinski definition) is 9. The average Bonchev–Trinajstić information content (AvgIpc) is 3.56. The van der Waals surface area contributed by atoms with Crippen LogP contribution in [0.2, 0.25) is 0 Å². The highest BCUT2D eigenvalue weighted by molar-refractivity contribution is 7.89. The van der Waals surface area contributed by atoms with E-state index >= 15 is 0 Å². The first kappa shape index (κ1) is 26.8. The number of nitrogens with two attached hydrogens (primary N) is 1. The Hall–Kier alpha value is -3.78. The number of sulfonamides is 1. The third-order valence-corrected chi connectivity index (χ3v) is 9.06. The third-order valence-electron chi connectivity index (χ3n) is 6.65. The van der Waals surface area contributed by atoms with Crippen molar-refractivity contribution in [3.8, 4) is 28.6 Å². The second kappa shape index (κ2) is 10.8. The predicted octanol–water partition coefficient (Wildman–Crippen LogP) is 2.76. The molecule has 1 saturated heterocycles. The highest BCUT2D eigenvalue weighted by Crippen LogP contribution is 2.37. The van der Waals surface area contributed by atoms with Crippen molar-refractivity contribution in [3.05, 3.63) is 70.2 Å². The summed E-state index contributed by atoms with van der Waals surface area (Å²) in [5.41, 5.74) is 6.93. The van der Waals surface area contributed by atoms with E-state index in [0.717, 1.165) is 37.3 Å². The quantitative estimate of drug-likeness (QED) is 0.252. The van der Waals surface area contributed by atoms with Crippen LogP contribution in [0.15, 0.2) is 58.8 Å². The number of hydrogen-bond donors (Lipinski definition) is 4. The molecule has 11 nitrogen and oxygen atoms in total. The molecule has 0 radical (unpaired) electrons. The second-order valence-electron chi connectivity index (χ2n) is 9.47. The summed E-state index contributed by atoms with van der Waals surface area (Å²) in [6.07, 6.45) is 1.22. The summed E-state index contributed by atoms with van der Waals surface area (Å²) in [7, 11) is -4.17. The van der Waals surface area contributed by atoms with Crippen molar-refractivity contribution < 1.29 is 23.4 Å². The Balaban J connectivity index is 1.43. The van der Waals surface area contributed by atoms with Gasteiger partial charge in [-0.3, -0.25) is 14.3 Å². The zero-order chi connectivity index (χ0) is 27.7. The minimum absolute atomic E-state index is 0.0107. The van der Waals surface area contributed by atoms with E-state index in [2.05, 4.69) is 25.9 Å². The molecule has 0 aliphatic carbocycles. The number of aryl methyl sites for hydroxylation is 1. The Morgan fingerprint density at radius 1 is 1.10 bits per heavy atom. The number of carbonyl (C=O) groups excluding carboxylic acids is 1. The van der Waals surface area contributed by atoms with E-state index in [4.69, 9.17) is 5.73 Å². The number of amides is 1. The lowest BCUT2D eigenvalue weighted by Gasteiger charge is -2.31. The lowest BCUT2D eigenvalue weighted by molar-refractivity contribution is 0.0988. The number of thiophene rings is 1. The average molecular weight is 569 g/mol. The Labute approximate surface area is 229 Å². The zero-order valence-electron chi connectivity index (χ0n) is 21.1. The van der Waals surface area contributed by atoms with Gasteiger partial charge in [0.15, 0.2) is 5.82 Å². The number of piperidine rings is 1. The van der Waals surface area contributed by atoms with Crippen LogP contribution in [0.25, 0.3) is 17.1 Å². The smallest absolute Gasteiger partial charge is 0.287 e. The molecule has 0 spiro atoms. The van der Waals surface area contributed by atoms with Crippen molar-refractivity contribution in [3.63, 3.8) is 0 Å². The van der Waals surface area contributed by atoms with Gasteiger partial charge < -0.3 is 15.9 Å². The van der Waals surface area contributed by atoms with Crippen molar-refractivity contribution in [2.24, 2.45) is 5.73 Å². The van der Waals surface area contributed by atoms with Crippen LogP contribution in [0.5, 0.6) is 11.5 Å². The molecule has 5 rings (SSSR count). The van der Waals surface area contributed by atoms with Gasteiger partial charge in [0.25, 0.3) is 5.91 Å². The van der Waals surface area contributed by atoms with Gasteiger partial charge in [-0.15, -0.1) is 21.5 Å². The lowest BCUT2D eigenvalue weighted by Crippen LogP contribution is -2.44. The number of nitrogens with zero attached hydrogens (tertiary/aromatic N) is 4. The van der Waals surface area contributed by atoms with Crippen LogP contribution in [0.4, 0.5) is 0 Å². The van der Waals surface area contributed by atoms with Gasteiger partial charge in [-0.1, -0.05) is 23.8 Å². The third kappa shape index (κ3) is 5.66. The minimum atomic E-state index is -4.17. The van der Waals surface area contributed by atoms with Gasteiger partial charge in [-0.05, 0) is 49.4 Å². The number of phenols is 2. The summed E-state index contributed by atoms with van der Waals surface area (Å²) in [5, 5.41) is 31.1. The van der Waals surface area contributed by atoms with E-state index in [-0.39, 0.29) is 23.3 Å². The maximum Gasteiger partial charge on any atom is 0.287 e. The molecule has 1 aliphatic rings. The van der Waals surface area contributed by atoms with Crippen LogP contribution in [0, 0.1) is 6.92 Å². The zero-order valence-corrected chi connectivity index (χ0v) is 22.7. The molecule has 2 aromatic heterocycles. The SMILES string of the molecule is Cc1ccc(-n2c(C(N)=O)nnc2-c2cc(S(=O)(=O)NC3CCN(Cc4cccs4)CC3)c(O)cc2O)cc1. The highest BCUT2D eigenvalue weighted by atomic mass is 32.2. The first-order valence-corrected chi connectivity index (χ1v) is 14.6. The number of primary amides is 1. The summed E-state index contributed by atoms with van der Waals surface area (Å²) in [6, 6.07) is 12.9. The first-order chi connectivity index (χ1) is 18.6. The molecule has 2 aromatic carbocycles. The van der Waals surface area contributed by atoms with E-state index in [1.807, 2.05) is 30.5 Å². The first-order valence-electron chi connectivity index (χ1n) is 12.3. The van der Waals surface area contributed by atoms with Crippen molar-refractivity contribution in [1.82, 2.24) is 24.4 Å². The molecule has 13 heteroatoms. The lowest BCUT2D eigenvalue weighted by atomic mass is 10.1. The topological polar surface area (TPSA) is 164 Å². The maximum absolute atomic E-state index is 13.4. The number of likely N-dealkylation sites (tertiary alicyclic amines) is 1. The molecule has 1 aliphatic heterocycles. The fraction of sp³-hybridized carbons (Fsp3) is 0.269. The van der Waals surface area contributed by atoms with Gasteiger partial charge in [0.05, 0.1) is 5.56 Å². The number of aromatic nitrogens is 3. The molecule has 39 heavy (non-hydrogen) atoms. The van der Waals surface area contributed by atoms with E-state index in [9.17, 15) is 23.4 Å². The predicted molar refractivity (Wildman–Crippen MR) is 146 cm³/mol. The molecule has 3 heterocycles. The molecule has 5 N–H and O–H groups in total. The van der Waals surface area contributed by atoms with Crippen molar-refractivity contribution in [1.29, 1.82) is 0 Å². The van der Waals surface area contributed by atoms with Crippen LogP contribution in [0.1, 0.15) is 33.9 Å². The number of carbonyl (C=O) groups is 1. The fourth-order valence-corrected chi connectivity index (χ4v) is 6.78. The van der Waals surface area contributed by atoms with Crippen LogP contribution >= 0.6 is 11.3 Å². The maximum atomic E-state index is 13.4. The Morgan fingerprint density at radius 3 is 2.46 bits per heavy atom. The second-order valence-corrected chi connectivity index (χ2v) is 12.2. The number of benzene rings is 2. The summed E-state index contributed by atoms with van der Waals surface area (Å²) in [6.45, 7) is 4.18. The molecule has 0 bridgehead atoms. The van der Waals surface area contributed by atoms with E-state index in [0.29, 0.717) is 18.5 Å². The summed E-state index contributed by atoms with van der Waals surface area (Å²) in [5.74, 6) is -2.12. The van der Waals surface area contributed by atoms with Gasteiger partial charge in [-0.2, -0.15) is 0 Å². The van der Waals surface area contributed by atoms with Crippen LogP contribution in [-0.2, 0) is 16.6 Å². The molecular weight excluding hydrogens is 540 g/mol. The van der Waals surface area contributed by atoms with Gasteiger partial charge in [0.1, 0.15) is 16.4 Å². The van der Waals surface area contributed by atoms with E-state index in [1.54, 1.807) is 23.5 Å². The van der Waals surface area contributed by atoms with E-state index < -0.39 is 32.3 Å². The van der Waals surface area contributed by atoms with Gasteiger partial charge in [-0.25, -0.2) is 13.1 Å². The molecule has 1 fully saturated rings. The Morgan fingerprint density at radius 2 is 1.82 bits per heavy atom.